The van der Waals surface area contributed by atoms with Crippen molar-refractivity contribution in [2.45, 2.75) is 0 Å². The van der Waals surface area contributed by atoms with Crippen LogP contribution in [0, 0.1) is 5.21 Å². The molecular weight excluding hydrogens is 148 g/mol. The highest BCUT2D eigenvalue weighted by atomic mass is 32.1. The fourth-order valence-corrected chi connectivity index (χ4v) is 1.54. The monoisotopic (exact) mass is 152 g/mol. The van der Waals surface area contributed by atoms with E-state index in [1.54, 1.807) is 0 Å². The molecule has 0 saturated heterocycles. The Hall–Kier alpha value is -1.16. The largest absolute Gasteiger partial charge is 0.711 e. The zero-order valence-electron chi connectivity index (χ0n) is 5.02. The van der Waals surface area contributed by atoms with Crippen LogP contribution < -0.4 is 4.73 Å². The summed E-state index contributed by atoms with van der Waals surface area (Å²) in [4.78, 5) is 3.90. The van der Waals surface area contributed by atoms with Crippen LogP contribution in [0.25, 0.3) is 10.2 Å². The maximum atomic E-state index is 10.6. The van der Waals surface area contributed by atoms with Gasteiger partial charge in [-0.1, -0.05) is 0 Å². The van der Waals surface area contributed by atoms with Crippen molar-refractivity contribution < 1.29 is 4.73 Å². The highest BCUT2D eigenvalue weighted by Gasteiger charge is 1.99. The van der Waals surface area contributed by atoms with E-state index in [0.29, 0.717) is 4.73 Å². The summed E-state index contributed by atoms with van der Waals surface area (Å²) in [5, 5.41) is 12.6. The van der Waals surface area contributed by atoms with Crippen molar-refractivity contribution >= 4 is 21.6 Å². The second-order valence-corrected chi connectivity index (χ2v) is 2.85. The minimum Gasteiger partial charge on any atom is -0.711 e. The zero-order valence-corrected chi connectivity index (χ0v) is 5.84. The molecule has 0 aliphatic heterocycles. The van der Waals surface area contributed by atoms with Gasteiger partial charge in [-0.25, -0.2) is 4.73 Å². The summed E-state index contributed by atoms with van der Waals surface area (Å²) in [6, 6.07) is 1.89. The fraction of sp³-hybridized carbons (Fsp3) is 0. The Balaban J connectivity index is 2.86. The van der Waals surface area contributed by atoms with Gasteiger partial charge >= 0.3 is 0 Å². The van der Waals surface area contributed by atoms with Crippen LogP contribution in [0.1, 0.15) is 0 Å². The molecule has 0 atom stereocenters. The van der Waals surface area contributed by atoms with E-state index < -0.39 is 0 Å². The Morgan fingerprint density at radius 3 is 3.40 bits per heavy atom. The van der Waals surface area contributed by atoms with Crippen LogP contribution in [0.4, 0.5) is 0 Å². The highest BCUT2D eigenvalue weighted by molar-refractivity contribution is 7.17. The predicted octanol–water partition coefficient (Wildman–Crippen LogP) is 0.930. The molecule has 0 N–H and O–H groups in total. The number of nitrogens with zero attached hydrogens (tertiary/aromatic N) is 2. The Morgan fingerprint density at radius 2 is 2.50 bits per heavy atom. The summed E-state index contributed by atoms with van der Waals surface area (Å²) in [7, 11) is 0. The molecule has 3 nitrogen and oxygen atoms in total. The molecule has 0 fully saturated rings. The lowest BCUT2D eigenvalue weighted by Gasteiger charge is -1.94. The quantitative estimate of drug-likeness (QED) is 0.416. The standard InChI is InChI=1S/C6H4N2OS/c9-8-3-6-5(7-4-8)1-2-10-6/h1-4H. The molecule has 2 aromatic rings. The number of thiophene rings is 1. The molecule has 0 unspecified atom stereocenters. The van der Waals surface area contributed by atoms with E-state index in [9.17, 15) is 5.21 Å². The number of aromatic nitrogens is 2. The van der Waals surface area contributed by atoms with Gasteiger partial charge in [0, 0.05) is 6.07 Å². The van der Waals surface area contributed by atoms with Gasteiger partial charge in [0.15, 0.2) is 5.52 Å². The van der Waals surface area contributed by atoms with Crippen molar-refractivity contribution in [3.05, 3.63) is 29.2 Å². The summed E-state index contributed by atoms with van der Waals surface area (Å²) >= 11 is 1.52. The molecule has 2 rings (SSSR count). The van der Waals surface area contributed by atoms with Gasteiger partial charge in [0.1, 0.15) is 10.9 Å². The molecular formula is C6H4N2OS. The van der Waals surface area contributed by atoms with Gasteiger partial charge in [-0.2, -0.15) is 0 Å². The van der Waals surface area contributed by atoms with E-state index >= 15 is 0 Å². The molecule has 0 radical (unpaired) electrons. The van der Waals surface area contributed by atoms with Crippen molar-refractivity contribution in [1.82, 2.24) is 4.98 Å². The first kappa shape index (κ1) is 5.61. The van der Waals surface area contributed by atoms with Gasteiger partial charge in [-0.05, 0) is 10.4 Å². The minimum absolute atomic E-state index is 0.707. The molecule has 0 spiro atoms. The van der Waals surface area contributed by atoms with Crippen LogP contribution in [-0.2, 0) is 0 Å². The van der Waals surface area contributed by atoms with E-state index in [1.807, 2.05) is 11.4 Å². The molecule has 0 amide bonds. The Morgan fingerprint density at radius 1 is 1.60 bits per heavy atom. The lowest BCUT2D eigenvalue weighted by molar-refractivity contribution is -0.607. The maximum absolute atomic E-state index is 10.6. The lowest BCUT2D eigenvalue weighted by atomic mass is 10.5. The van der Waals surface area contributed by atoms with E-state index in [4.69, 9.17) is 0 Å². The van der Waals surface area contributed by atoms with Crippen LogP contribution in [0.15, 0.2) is 24.0 Å². The number of hydrogen-bond donors (Lipinski definition) is 0. The van der Waals surface area contributed by atoms with E-state index in [-0.39, 0.29) is 0 Å². The second-order valence-electron chi connectivity index (χ2n) is 1.90. The van der Waals surface area contributed by atoms with Crippen molar-refractivity contribution in [3.63, 3.8) is 0 Å². The summed E-state index contributed by atoms with van der Waals surface area (Å²) in [5.41, 5.74) is 0.886. The molecule has 0 bridgehead atoms. The minimum atomic E-state index is 0.707. The third-order valence-corrected chi connectivity index (χ3v) is 2.07. The normalized spacial score (nSPS) is 10.4. The van der Waals surface area contributed by atoms with E-state index in [1.165, 1.54) is 23.9 Å². The number of hydrogen-bond acceptors (Lipinski definition) is 3. The Bertz CT molecular complexity index is 357. The summed E-state index contributed by atoms with van der Waals surface area (Å²) in [6.45, 7) is 0. The van der Waals surface area contributed by atoms with Crippen molar-refractivity contribution in [2.75, 3.05) is 0 Å². The van der Waals surface area contributed by atoms with Crippen molar-refractivity contribution in [1.29, 1.82) is 0 Å². The van der Waals surface area contributed by atoms with Crippen LogP contribution >= 0.6 is 11.3 Å². The number of rotatable bonds is 0. The van der Waals surface area contributed by atoms with E-state index in [0.717, 1.165) is 10.2 Å². The SMILES string of the molecule is [O-][n+]1cnc2ccsc2c1. The van der Waals surface area contributed by atoms with Gasteiger partial charge < -0.3 is 5.21 Å². The molecule has 2 heterocycles. The Labute approximate surface area is 61.2 Å². The third kappa shape index (κ3) is 0.733. The molecule has 50 valence electrons. The smallest absolute Gasteiger partial charge is 0.289 e. The molecule has 10 heavy (non-hydrogen) atoms. The van der Waals surface area contributed by atoms with Crippen molar-refractivity contribution in [2.24, 2.45) is 0 Å². The van der Waals surface area contributed by atoms with Gasteiger partial charge in [0.2, 0.25) is 0 Å². The second kappa shape index (κ2) is 1.91. The summed E-state index contributed by atoms with van der Waals surface area (Å²) in [5.74, 6) is 0. The van der Waals surface area contributed by atoms with Gasteiger partial charge in [-0.15, -0.1) is 11.3 Å². The predicted molar refractivity (Wildman–Crippen MR) is 38.6 cm³/mol. The van der Waals surface area contributed by atoms with Gasteiger partial charge in [0.25, 0.3) is 6.33 Å². The van der Waals surface area contributed by atoms with Gasteiger partial charge in [-0.3, -0.25) is 0 Å². The van der Waals surface area contributed by atoms with Gasteiger partial charge in [0.05, 0.1) is 0 Å². The maximum Gasteiger partial charge on any atom is 0.289 e. The molecule has 0 aliphatic rings. The van der Waals surface area contributed by atoms with Crippen molar-refractivity contribution in [3.8, 4) is 0 Å². The number of fused-ring (bicyclic) bond motifs is 1. The average Bonchev–Trinajstić information content (AvgIpc) is 2.33. The Kier molecular flexibility index (Phi) is 1.07. The van der Waals surface area contributed by atoms with Crippen LogP contribution in [0.2, 0.25) is 0 Å². The molecule has 2 aromatic heterocycles. The first-order valence-electron chi connectivity index (χ1n) is 2.78. The van der Waals surface area contributed by atoms with Crippen LogP contribution in [0.5, 0.6) is 0 Å². The molecule has 0 aromatic carbocycles. The zero-order chi connectivity index (χ0) is 6.97. The first-order chi connectivity index (χ1) is 4.86. The average molecular weight is 152 g/mol. The molecule has 4 heteroatoms. The summed E-state index contributed by atoms with van der Waals surface area (Å²) < 4.78 is 1.64. The van der Waals surface area contributed by atoms with E-state index in [2.05, 4.69) is 4.98 Å². The topological polar surface area (TPSA) is 39.8 Å². The third-order valence-electron chi connectivity index (χ3n) is 1.23. The lowest BCUT2D eigenvalue weighted by Crippen LogP contribution is -2.24. The fourth-order valence-electron chi connectivity index (χ4n) is 0.786. The molecule has 0 aliphatic carbocycles. The first-order valence-corrected chi connectivity index (χ1v) is 3.66. The summed E-state index contributed by atoms with van der Waals surface area (Å²) in [6.07, 6.45) is 2.78. The molecule has 0 saturated carbocycles. The highest BCUT2D eigenvalue weighted by Crippen LogP contribution is 2.14. The van der Waals surface area contributed by atoms with Crippen LogP contribution in [-0.4, -0.2) is 4.98 Å². The van der Waals surface area contributed by atoms with Crippen LogP contribution in [0.3, 0.4) is 0 Å².